The lowest BCUT2D eigenvalue weighted by molar-refractivity contribution is 0.0786. The van der Waals surface area contributed by atoms with Crippen molar-refractivity contribution in [2.24, 2.45) is 7.05 Å². The average Bonchev–Trinajstić information content (AvgIpc) is 3.33. The van der Waals surface area contributed by atoms with E-state index in [2.05, 4.69) is 10.3 Å². The number of aryl methyl sites for hydroxylation is 1. The van der Waals surface area contributed by atoms with Gasteiger partial charge in [-0.2, -0.15) is 5.10 Å². The number of thioether (sulfide) groups is 1. The predicted molar refractivity (Wildman–Crippen MR) is 103 cm³/mol. The zero-order chi connectivity index (χ0) is 19.2. The molecule has 0 aliphatic carbocycles. The largest absolute Gasteiger partial charge is 0.484 e. The van der Waals surface area contributed by atoms with Gasteiger partial charge in [0.15, 0.2) is 11.5 Å². The number of carbonyl (C=O) groups excluding carboxylic acids is 1. The summed E-state index contributed by atoms with van der Waals surface area (Å²) in [6.45, 7) is 0.793. The maximum atomic E-state index is 12.5. The number of amides is 1. The zero-order valence-electron chi connectivity index (χ0n) is 15.6. The summed E-state index contributed by atoms with van der Waals surface area (Å²) in [6, 6.07) is 9.41. The van der Waals surface area contributed by atoms with Gasteiger partial charge in [-0.3, -0.25) is 9.48 Å². The third kappa shape index (κ3) is 4.91. The van der Waals surface area contributed by atoms with E-state index in [0.717, 1.165) is 22.6 Å². The lowest BCUT2D eigenvalue weighted by atomic mass is 10.2. The first-order chi connectivity index (χ1) is 13.1. The van der Waals surface area contributed by atoms with E-state index in [1.165, 1.54) is 0 Å². The van der Waals surface area contributed by atoms with Crippen LogP contribution in [0.4, 0.5) is 0 Å². The van der Waals surface area contributed by atoms with Gasteiger partial charge in [0.2, 0.25) is 0 Å². The van der Waals surface area contributed by atoms with E-state index in [0.29, 0.717) is 12.3 Å². The molecular weight excluding hydrogens is 364 g/mol. The number of aromatic nitrogens is 3. The van der Waals surface area contributed by atoms with Gasteiger partial charge in [0, 0.05) is 37.8 Å². The van der Waals surface area contributed by atoms with Crippen LogP contribution in [-0.4, -0.2) is 45.6 Å². The number of ether oxygens (including phenoxy) is 1. The molecule has 1 amide bonds. The Morgan fingerprint density at radius 2 is 2.19 bits per heavy atom. The van der Waals surface area contributed by atoms with Gasteiger partial charge in [-0.05, 0) is 30.4 Å². The summed E-state index contributed by atoms with van der Waals surface area (Å²) in [5.41, 5.74) is 1.36. The van der Waals surface area contributed by atoms with E-state index >= 15 is 0 Å². The quantitative estimate of drug-likeness (QED) is 0.554. The second kappa shape index (κ2) is 8.77. The Bertz CT molecular complexity index is 906. The van der Waals surface area contributed by atoms with Crippen LogP contribution >= 0.6 is 11.8 Å². The molecule has 0 aliphatic rings. The number of para-hydroxylation sites is 1. The van der Waals surface area contributed by atoms with Crippen LogP contribution in [0.3, 0.4) is 0 Å². The maximum Gasteiger partial charge on any atom is 0.275 e. The molecule has 7 nitrogen and oxygen atoms in total. The Morgan fingerprint density at radius 1 is 1.37 bits per heavy atom. The Labute approximate surface area is 162 Å². The van der Waals surface area contributed by atoms with Gasteiger partial charge in [-0.1, -0.05) is 17.3 Å². The summed E-state index contributed by atoms with van der Waals surface area (Å²) < 4.78 is 12.8. The molecule has 1 aromatic carbocycles. The van der Waals surface area contributed by atoms with Crippen LogP contribution in [0.1, 0.15) is 21.8 Å². The molecule has 2 heterocycles. The monoisotopic (exact) mass is 386 g/mol. The lowest BCUT2D eigenvalue weighted by Gasteiger charge is -2.14. The molecule has 0 spiro atoms. The molecule has 0 atom stereocenters. The standard InChI is InChI=1S/C19H22N4O3S/c1-22(9-8-14-11-20-23(2)12-14)19(24)16-10-15(26-21-16)13-25-17-6-4-5-7-18(17)27-3/h4-7,10-12H,8-9,13H2,1-3H3. The Balaban J connectivity index is 1.55. The van der Waals surface area contributed by atoms with Crippen molar-refractivity contribution in [2.45, 2.75) is 17.9 Å². The van der Waals surface area contributed by atoms with Gasteiger partial charge in [-0.25, -0.2) is 0 Å². The van der Waals surface area contributed by atoms with Gasteiger partial charge in [0.1, 0.15) is 12.4 Å². The van der Waals surface area contributed by atoms with Gasteiger partial charge < -0.3 is 14.2 Å². The maximum absolute atomic E-state index is 12.5. The van der Waals surface area contributed by atoms with Crippen LogP contribution in [0.25, 0.3) is 0 Å². The topological polar surface area (TPSA) is 73.4 Å². The van der Waals surface area contributed by atoms with Crippen molar-refractivity contribution < 1.29 is 14.1 Å². The molecule has 0 saturated carbocycles. The first-order valence-corrected chi connectivity index (χ1v) is 9.73. The van der Waals surface area contributed by atoms with Crippen molar-refractivity contribution in [3.8, 4) is 5.75 Å². The zero-order valence-corrected chi connectivity index (χ0v) is 16.4. The van der Waals surface area contributed by atoms with Crippen LogP contribution in [0.15, 0.2) is 52.1 Å². The van der Waals surface area contributed by atoms with Crippen LogP contribution in [-0.2, 0) is 20.1 Å². The molecule has 0 unspecified atom stereocenters. The number of hydrogen-bond donors (Lipinski definition) is 0. The van der Waals surface area contributed by atoms with Crippen molar-refractivity contribution in [3.63, 3.8) is 0 Å². The molecule has 142 valence electrons. The summed E-state index contributed by atoms with van der Waals surface area (Å²) >= 11 is 1.61. The molecule has 3 aromatic rings. The first-order valence-electron chi connectivity index (χ1n) is 8.51. The summed E-state index contributed by atoms with van der Waals surface area (Å²) in [7, 11) is 3.62. The highest BCUT2D eigenvalue weighted by molar-refractivity contribution is 7.98. The first kappa shape index (κ1) is 19.0. The van der Waals surface area contributed by atoms with Crippen molar-refractivity contribution in [2.75, 3.05) is 19.8 Å². The minimum absolute atomic E-state index is 0.182. The molecule has 0 aliphatic heterocycles. The molecule has 0 radical (unpaired) electrons. The fourth-order valence-electron chi connectivity index (χ4n) is 2.56. The highest BCUT2D eigenvalue weighted by Crippen LogP contribution is 2.27. The third-order valence-electron chi connectivity index (χ3n) is 4.06. The number of benzene rings is 1. The number of carbonyl (C=O) groups is 1. The number of hydrogen-bond acceptors (Lipinski definition) is 6. The van der Waals surface area contributed by atoms with E-state index in [1.54, 1.807) is 40.7 Å². The molecule has 0 fully saturated rings. The third-order valence-corrected chi connectivity index (χ3v) is 4.84. The van der Waals surface area contributed by atoms with E-state index in [9.17, 15) is 4.79 Å². The molecular formula is C19H22N4O3S. The van der Waals surface area contributed by atoms with E-state index in [-0.39, 0.29) is 18.2 Å². The van der Waals surface area contributed by atoms with Crippen molar-refractivity contribution in [1.29, 1.82) is 0 Å². The predicted octanol–water partition coefficient (Wildman–Crippen LogP) is 3.02. The molecule has 27 heavy (non-hydrogen) atoms. The number of rotatable bonds is 8. The average molecular weight is 386 g/mol. The molecule has 8 heteroatoms. The summed E-state index contributed by atoms with van der Waals surface area (Å²) in [6.07, 6.45) is 6.47. The van der Waals surface area contributed by atoms with Crippen LogP contribution in [0.2, 0.25) is 0 Å². The smallest absolute Gasteiger partial charge is 0.275 e. The van der Waals surface area contributed by atoms with Gasteiger partial charge in [0.25, 0.3) is 5.91 Å². The summed E-state index contributed by atoms with van der Waals surface area (Å²) in [4.78, 5) is 15.2. The molecule has 3 rings (SSSR count). The second-order valence-corrected chi connectivity index (χ2v) is 6.97. The minimum atomic E-state index is -0.182. The Morgan fingerprint density at radius 3 is 2.93 bits per heavy atom. The van der Waals surface area contributed by atoms with Crippen molar-refractivity contribution in [3.05, 3.63) is 59.7 Å². The van der Waals surface area contributed by atoms with Crippen LogP contribution < -0.4 is 4.74 Å². The number of nitrogens with zero attached hydrogens (tertiary/aromatic N) is 4. The Kier molecular flexibility index (Phi) is 6.18. The lowest BCUT2D eigenvalue weighted by Crippen LogP contribution is -2.29. The molecule has 2 aromatic heterocycles. The Hall–Kier alpha value is -2.74. The number of likely N-dealkylation sites (N-methyl/N-ethyl adjacent to an activating group) is 1. The van der Waals surface area contributed by atoms with E-state index in [4.69, 9.17) is 9.26 Å². The summed E-state index contributed by atoms with van der Waals surface area (Å²) in [5.74, 6) is 1.11. The second-order valence-electron chi connectivity index (χ2n) is 6.12. The molecule has 0 saturated heterocycles. The van der Waals surface area contributed by atoms with Crippen LogP contribution in [0.5, 0.6) is 5.75 Å². The van der Waals surface area contributed by atoms with E-state index in [1.807, 2.05) is 43.8 Å². The minimum Gasteiger partial charge on any atom is -0.484 e. The van der Waals surface area contributed by atoms with Crippen molar-refractivity contribution in [1.82, 2.24) is 19.8 Å². The van der Waals surface area contributed by atoms with Crippen LogP contribution in [0, 0.1) is 0 Å². The fourth-order valence-corrected chi connectivity index (χ4v) is 3.11. The molecule has 0 N–H and O–H groups in total. The van der Waals surface area contributed by atoms with Gasteiger partial charge in [-0.15, -0.1) is 11.8 Å². The molecule has 0 bridgehead atoms. The fraction of sp³-hybridized carbons (Fsp3) is 0.316. The van der Waals surface area contributed by atoms with Gasteiger partial charge >= 0.3 is 0 Å². The summed E-state index contributed by atoms with van der Waals surface area (Å²) in [5, 5.41) is 8.01. The highest BCUT2D eigenvalue weighted by Gasteiger charge is 2.17. The highest BCUT2D eigenvalue weighted by atomic mass is 32.2. The normalized spacial score (nSPS) is 10.8. The van der Waals surface area contributed by atoms with Gasteiger partial charge in [0.05, 0.1) is 6.20 Å². The van der Waals surface area contributed by atoms with Crippen molar-refractivity contribution >= 4 is 17.7 Å². The van der Waals surface area contributed by atoms with E-state index < -0.39 is 0 Å². The SMILES string of the molecule is CSc1ccccc1OCc1cc(C(=O)N(C)CCc2cnn(C)c2)no1.